The van der Waals surface area contributed by atoms with Crippen molar-refractivity contribution in [3.63, 3.8) is 0 Å². The largest absolute Gasteiger partial charge is 0.493 e. The first-order chi connectivity index (χ1) is 8.20. The number of halogens is 1. The highest BCUT2D eigenvalue weighted by Crippen LogP contribution is 2.31. The molecule has 6 nitrogen and oxygen atoms in total. The van der Waals surface area contributed by atoms with Gasteiger partial charge in [-0.3, -0.25) is 4.79 Å². The van der Waals surface area contributed by atoms with Crippen LogP contribution < -0.4 is 10.5 Å². The minimum absolute atomic E-state index is 0.130. The maximum atomic E-state index is 13.9. The van der Waals surface area contributed by atoms with E-state index in [0.29, 0.717) is 0 Å². The zero-order chi connectivity index (χ0) is 14.1. The topological polar surface area (TPSA) is 107 Å². The average molecular weight is 277 g/mol. The average Bonchev–Trinajstić information content (AvgIpc) is 2.25. The number of ether oxygens (including phenoxy) is 1. The van der Waals surface area contributed by atoms with E-state index in [1.165, 1.54) is 0 Å². The van der Waals surface area contributed by atoms with Gasteiger partial charge in [0.15, 0.2) is 21.4 Å². The lowest BCUT2D eigenvalue weighted by Gasteiger charge is -2.14. The summed E-state index contributed by atoms with van der Waals surface area (Å²) in [7, 11) is -2.67. The third-order valence-corrected chi connectivity index (χ3v) is 3.41. The van der Waals surface area contributed by atoms with Crippen LogP contribution in [0.4, 0.5) is 4.39 Å². The molecule has 0 aliphatic rings. The molecule has 0 aliphatic heterocycles. The molecule has 0 radical (unpaired) electrons. The van der Waals surface area contributed by atoms with Crippen molar-refractivity contribution >= 4 is 15.8 Å². The predicted molar refractivity (Wildman–Crippen MR) is 60.6 cm³/mol. The number of nitrogens with two attached hydrogens (primary N) is 1. The minimum atomic E-state index is -3.77. The summed E-state index contributed by atoms with van der Waals surface area (Å²) in [5, 5.41) is 8.75. The van der Waals surface area contributed by atoms with E-state index in [0.717, 1.165) is 25.5 Å². The molecule has 1 atom stereocenters. The normalized spacial score (nSPS) is 13.1. The number of benzene rings is 1. The Morgan fingerprint density at radius 2 is 2.06 bits per heavy atom. The zero-order valence-electron chi connectivity index (χ0n) is 9.68. The van der Waals surface area contributed by atoms with Gasteiger partial charge in [-0.25, -0.2) is 12.8 Å². The van der Waals surface area contributed by atoms with Crippen molar-refractivity contribution < 1.29 is 27.4 Å². The molecular weight excluding hydrogens is 265 g/mol. The summed E-state index contributed by atoms with van der Waals surface area (Å²) in [5.41, 5.74) is 5.22. The van der Waals surface area contributed by atoms with Gasteiger partial charge >= 0.3 is 5.97 Å². The number of rotatable bonds is 4. The van der Waals surface area contributed by atoms with Gasteiger partial charge in [0, 0.05) is 11.8 Å². The molecule has 1 aromatic rings. The first-order valence-electron chi connectivity index (χ1n) is 4.75. The summed E-state index contributed by atoms with van der Waals surface area (Å²) in [5.74, 6) is -3.00. The van der Waals surface area contributed by atoms with Gasteiger partial charge in [0.1, 0.15) is 10.9 Å². The van der Waals surface area contributed by atoms with Crippen LogP contribution in [0.2, 0.25) is 0 Å². The predicted octanol–water partition coefficient (Wildman–Crippen LogP) is 0.322. The molecule has 0 aromatic heterocycles. The minimum Gasteiger partial charge on any atom is -0.493 e. The number of sulfone groups is 1. The maximum Gasteiger partial charge on any atom is 0.325 e. The lowest BCUT2D eigenvalue weighted by Crippen LogP contribution is -2.22. The number of hydrogen-bond donors (Lipinski definition) is 2. The summed E-state index contributed by atoms with van der Waals surface area (Å²) >= 11 is 0. The van der Waals surface area contributed by atoms with E-state index in [1.807, 2.05) is 0 Å². The van der Waals surface area contributed by atoms with Crippen LogP contribution in [0, 0.1) is 5.82 Å². The summed E-state index contributed by atoms with van der Waals surface area (Å²) in [6.45, 7) is 0. The Labute approximate surface area is 103 Å². The van der Waals surface area contributed by atoms with Gasteiger partial charge in [-0.05, 0) is 6.07 Å². The van der Waals surface area contributed by atoms with Crippen LogP contribution in [-0.2, 0) is 14.6 Å². The molecule has 1 unspecified atom stereocenters. The van der Waals surface area contributed by atoms with Crippen molar-refractivity contribution in [1.29, 1.82) is 0 Å². The second kappa shape index (κ2) is 4.91. The van der Waals surface area contributed by atoms with E-state index in [1.54, 1.807) is 0 Å². The van der Waals surface area contributed by atoms with Crippen molar-refractivity contribution in [3.8, 4) is 5.75 Å². The first-order valence-corrected chi connectivity index (χ1v) is 6.64. The number of hydrogen-bond acceptors (Lipinski definition) is 5. The van der Waals surface area contributed by atoms with Crippen LogP contribution in [-0.4, -0.2) is 32.9 Å². The van der Waals surface area contributed by atoms with Gasteiger partial charge in [-0.2, -0.15) is 0 Å². The zero-order valence-corrected chi connectivity index (χ0v) is 10.5. The molecule has 3 N–H and O–H groups in total. The molecular formula is C10H12FNO5S. The summed E-state index contributed by atoms with van der Waals surface area (Å²) in [6.07, 6.45) is 0.835. The molecule has 8 heteroatoms. The molecule has 1 rings (SSSR count). The standard InChI is InChI=1S/C10H12FNO5S/c1-17-9-5(8(12)10(13)14)3-4-6(7(9)11)18(2,15)16/h3-4,8H,12H2,1-2H3,(H,13,14). The molecule has 0 fully saturated rings. The fourth-order valence-corrected chi connectivity index (χ4v) is 2.16. The highest BCUT2D eigenvalue weighted by Gasteiger charge is 2.26. The molecule has 0 aliphatic carbocycles. The molecule has 0 heterocycles. The Hall–Kier alpha value is -1.67. The van der Waals surface area contributed by atoms with Crippen molar-refractivity contribution in [2.75, 3.05) is 13.4 Å². The summed E-state index contributed by atoms with van der Waals surface area (Å²) in [6, 6.07) is 0.589. The van der Waals surface area contributed by atoms with Crippen molar-refractivity contribution in [2.24, 2.45) is 5.73 Å². The Morgan fingerprint density at radius 1 is 1.50 bits per heavy atom. The number of carboxylic acid groups (broad SMARTS) is 1. The van der Waals surface area contributed by atoms with Crippen LogP contribution >= 0.6 is 0 Å². The van der Waals surface area contributed by atoms with E-state index in [9.17, 15) is 17.6 Å². The first kappa shape index (κ1) is 14.4. The summed E-state index contributed by atoms with van der Waals surface area (Å²) < 4.78 is 41.2. The van der Waals surface area contributed by atoms with E-state index < -0.39 is 38.3 Å². The second-order valence-electron chi connectivity index (χ2n) is 3.59. The van der Waals surface area contributed by atoms with E-state index in [4.69, 9.17) is 15.6 Å². The molecule has 18 heavy (non-hydrogen) atoms. The van der Waals surface area contributed by atoms with E-state index in [2.05, 4.69) is 0 Å². The van der Waals surface area contributed by atoms with Crippen molar-refractivity contribution in [2.45, 2.75) is 10.9 Å². The molecule has 0 saturated heterocycles. The Morgan fingerprint density at radius 3 is 2.44 bits per heavy atom. The Bertz CT molecular complexity index is 584. The fourth-order valence-electron chi connectivity index (χ4n) is 1.42. The third-order valence-electron chi connectivity index (χ3n) is 2.30. The van der Waals surface area contributed by atoms with Gasteiger partial charge in [0.2, 0.25) is 0 Å². The van der Waals surface area contributed by atoms with Crippen LogP contribution in [0.25, 0.3) is 0 Å². The number of carbonyl (C=O) groups is 1. The molecule has 0 bridgehead atoms. The lowest BCUT2D eigenvalue weighted by molar-refractivity contribution is -0.138. The quantitative estimate of drug-likeness (QED) is 0.821. The number of carboxylic acids is 1. The third kappa shape index (κ3) is 2.59. The number of methoxy groups -OCH3 is 1. The molecule has 0 amide bonds. The van der Waals surface area contributed by atoms with Crippen molar-refractivity contribution in [1.82, 2.24) is 0 Å². The molecule has 1 aromatic carbocycles. The molecule has 0 spiro atoms. The SMILES string of the molecule is COc1c(C(N)C(=O)O)ccc(S(C)(=O)=O)c1F. The van der Waals surface area contributed by atoms with Crippen LogP contribution in [0.3, 0.4) is 0 Å². The highest BCUT2D eigenvalue weighted by molar-refractivity contribution is 7.90. The van der Waals surface area contributed by atoms with E-state index in [-0.39, 0.29) is 5.56 Å². The summed E-state index contributed by atoms with van der Waals surface area (Å²) in [4.78, 5) is 10.2. The van der Waals surface area contributed by atoms with E-state index >= 15 is 0 Å². The second-order valence-corrected chi connectivity index (χ2v) is 5.57. The monoisotopic (exact) mass is 277 g/mol. The smallest absolute Gasteiger partial charge is 0.325 e. The molecule has 100 valence electrons. The number of aliphatic carboxylic acids is 1. The van der Waals surface area contributed by atoms with Gasteiger partial charge in [-0.15, -0.1) is 0 Å². The Balaban J connectivity index is 3.53. The van der Waals surface area contributed by atoms with Gasteiger partial charge < -0.3 is 15.6 Å². The lowest BCUT2D eigenvalue weighted by atomic mass is 10.1. The van der Waals surface area contributed by atoms with Crippen LogP contribution in [0.15, 0.2) is 17.0 Å². The Kier molecular flexibility index (Phi) is 3.92. The van der Waals surface area contributed by atoms with Crippen LogP contribution in [0.1, 0.15) is 11.6 Å². The maximum absolute atomic E-state index is 13.9. The highest BCUT2D eigenvalue weighted by atomic mass is 32.2. The van der Waals surface area contributed by atoms with Crippen molar-refractivity contribution in [3.05, 3.63) is 23.5 Å². The van der Waals surface area contributed by atoms with Gasteiger partial charge in [-0.1, -0.05) is 6.07 Å². The fraction of sp³-hybridized carbons (Fsp3) is 0.300. The van der Waals surface area contributed by atoms with Gasteiger partial charge in [0.05, 0.1) is 7.11 Å². The van der Waals surface area contributed by atoms with Gasteiger partial charge in [0.25, 0.3) is 0 Å². The van der Waals surface area contributed by atoms with Crippen LogP contribution in [0.5, 0.6) is 5.75 Å². The molecule has 0 saturated carbocycles.